The fourth-order valence-electron chi connectivity index (χ4n) is 2.23. The van der Waals surface area contributed by atoms with E-state index in [1.807, 2.05) is 36.4 Å². The number of para-hydroxylation sites is 1. The summed E-state index contributed by atoms with van der Waals surface area (Å²) in [7, 11) is 0. The molecule has 2 N–H and O–H groups in total. The second-order valence-corrected chi connectivity index (χ2v) is 4.52. The Morgan fingerprint density at radius 1 is 1.15 bits per heavy atom. The van der Waals surface area contributed by atoms with E-state index in [9.17, 15) is 4.79 Å². The molecule has 0 radical (unpaired) electrons. The number of aromatic nitrogens is 1. The number of esters is 1. The van der Waals surface area contributed by atoms with Crippen molar-refractivity contribution in [2.24, 2.45) is 0 Å². The van der Waals surface area contributed by atoms with Crippen LogP contribution in [0, 0.1) is 0 Å². The first-order valence-corrected chi connectivity index (χ1v) is 6.48. The summed E-state index contributed by atoms with van der Waals surface area (Å²) in [6, 6.07) is 13.1. The molecule has 1 aromatic heterocycles. The number of carbonyl (C=O) groups is 1. The van der Waals surface area contributed by atoms with Crippen molar-refractivity contribution in [2.75, 3.05) is 5.73 Å². The third-order valence-electron chi connectivity index (χ3n) is 3.22. The fourth-order valence-corrected chi connectivity index (χ4v) is 2.23. The zero-order chi connectivity index (χ0) is 14.1. The van der Waals surface area contributed by atoms with Crippen LogP contribution in [0.15, 0.2) is 42.5 Å². The van der Waals surface area contributed by atoms with Crippen LogP contribution in [-0.4, -0.2) is 11.0 Å². The quantitative estimate of drug-likeness (QED) is 0.439. The summed E-state index contributed by atoms with van der Waals surface area (Å²) in [5.74, 6) is 0.176. The molecule has 0 saturated carbocycles. The Hall–Kier alpha value is -2.62. The molecule has 100 valence electrons. The molecule has 0 aliphatic heterocycles. The van der Waals surface area contributed by atoms with E-state index in [4.69, 9.17) is 10.5 Å². The Balaban J connectivity index is 2.32. The van der Waals surface area contributed by atoms with E-state index >= 15 is 0 Å². The zero-order valence-corrected chi connectivity index (χ0v) is 11.1. The van der Waals surface area contributed by atoms with Crippen LogP contribution in [0.1, 0.15) is 13.3 Å². The van der Waals surface area contributed by atoms with E-state index in [1.165, 1.54) is 0 Å². The summed E-state index contributed by atoms with van der Waals surface area (Å²) in [4.78, 5) is 16.1. The van der Waals surface area contributed by atoms with Crippen molar-refractivity contribution < 1.29 is 9.53 Å². The standard InChI is InChI=1S/C16H14N2O2/c1-2-14(19)20-13-9-5-8-12-15(13)16(17)10-6-3-4-7-11(10)18-12/h3-9H,2H2,1H3,(H2,17,18). The highest BCUT2D eigenvalue weighted by atomic mass is 16.5. The van der Waals surface area contributed by atoms with Crippen molar-refractivity contribution in [3.8, 4) is 5.75 Å². The van der Waals surface area contributed by atoms with Crippen LogP contribution in [0.3, 0.4) is 0 Å². The maximum atomic E-state index is 11.5. The number of ether oxygens (including phenoxy) is 1. The third kappa shape index (κ3) is 1.95. The van der Waals surface area contributed by atoms with E-state index in [0.29, 0.717) is 23.2 Å². The second-order valence-electron chi connectivity index (χ2n) is 4.52. The van der Waals surface area contributed by atoms with Gasteiger partial charge in [0.2, 0.25) is 0 Å². The monoisotopic (exact) mass is 266 g/mol. The van der Waals surface area contributed by atoms with Gasteiger partial charge >= 0.3 is 5.97 Å². The summed E-state index contributed by atoms with van der Waals surface area (Å²) in [5, 5.41) is 1.55. The summed E-state index contributed by atoms with van der Waals surface area (Å²) in [6.07, 6.45) is 0.317. The van der Waals surface area contributed by atoms with Gasteiger partial charge in [-0.05, 0) is 18.2 Å². The van der Waals surface area contributed by atoms with Gasteiger partial charge in [-0.2, -0.15) is 0 Å². The van der Waals surface area contributed by atoms with Crippen LogP contribution in [0.5, 0.6) is 5.75 Å². The number of rotatable bonds is 2. The van der Waals surface area contributed by atoms with Crippen molar-refractivity contribution >= 4 is 33.5 Å². The number of pyridine rings is 1. The first-order valence-electron chi connectivity index (χ1n) is 6.48. The molecule has 0 aliphatic rings. The molecular formula is C16H14N2O2. The molecule has 4 nitrogen and oxygen atoms in total. The minimum absolute atomic E-state index is 0.287. The molecule has 0 spiro atoms. The Bertz CT molecular complexity index is 812. The predicted molar refractivity (Wildman–Crippen MR) is 79.6 cm³/mol. The van der Waals surface area contributed by atoms with Crippen LogP contribution in [-0.2, 0) is 4.79 Å². The SMILES string of the molecule is CCC(=O)Oc1cccc2nc3ccccc3c(N)c12. The summed E-state index contributed by atoms with van der Waals surface area (Å²) < 4.78 is 5.35. The van der Waals surface area contributed by atoms with Gasteiger partial charge in [-0.1, -0.05) is 31.2 Å². The lowest BCUT2D eigenvalue weighted by atomic mass is 10.1. The summed E-state index contributed by atoms with van der Waals surface area (Å²) >= 11 is 0. The molecule has 0 fully saturated rings. The van der Waals surface area contributed by atoms with Crippen LogP contribution < -0.4 is 10.5 Å². The number of nitrogen functional groups attached to an aromatic ring is 1. The predicted octanol–water partition coefficient (Wildman–Crippen LogP) is 3.29. The number of hydrogen-bond acceptors (Lipinski definition) is 4. The van der Waals surface area contributed by atoms with E-state index in [1.54, 1.807) is 13.0 Å². The molecule has 1 heterocycles. The van der Waals surface area contributed by atoms with Gasteiger partial charge in [0, 0.05) is 11.8 Å². The number of nitrogens with two attached hydrogens (primary N) is 1. The number of nitrogens with zero attached hydrogens (tertiary/aromatic N) is 1. The molecule has 0 bridgehead atoms. The minimum Gasteiger partial charge on any atom is -0.426 e. The first kappa shape index (κ1) is 12.4. The molecule has 0 unspecified atom stereocenters. The van der Waals surface area contributed by atoms with Gasteiger partial charge < -0.3 is 10.5 Å². The van der Waals surface area contributed by atoms with Gasteiger partial charge in [0.05, 0.1) is 22.1 Å². The lowest BCUT2D eigenvalue weighted by Gasteiger charge is -2.11. The second kappa shape index (κ2) is 4.81. The maximum Gasteiger partial charge on any atom is 0.310 e. The van der Waals surface area contributed by atoms with E-state index in [0.717, 1.165) is 16.4 Å². The fraction of sp³-hybridized carbons (Fsp3) is 0.125. The smallest absolute Gasteiger partial charge is 0.310 e. The van der Waals surface area contributed by atoms with E-state index in [-0.39, 0.29) is 5.97 Å². The average molecular weight is 266 g/mol. The Kier molecular flexibility index (Phi) is 2.99. The van der Waals surface area contributed by atoms with Crippen molar-refractivity contribution in [2.45, 2.75) is 13.3 Å². The van der Waals surface area contributed by atoms with E-state index in [2.05, 4.69) is 4.98 Å². The first-order chi connectivity index (χ1) is 9.70. The van der Waals surface area contributed by atoms with Crippen molar-refractivity contribution in [1.29, 1.82) is 0 Å². The molecular weight excluding hydrogens is 252 g/mol. The molecule has 0 atom stereocenters. The lowest BCUT2D eigenvalue weighted by Crippen LogP contribution is -2.06. The Morgan fingerprint density at radius 2 is 1.90 bits per heavy atom. The van der Waals surface area contributed by atoms with Gasteiger partial charge in [-0.3, -0.25) is 4.79 Å². The van der Waals surface area contributed by atoms with Gasteiger partial charge in [0.15, 0.2) is 0 Å². The van der Waals surface area contributed by atoms with Crippen molar-refractivity contribution in [3.05, 3.63) is 42.5 Å². The highest BCUT2D eigenvalue weighted by molar-refractivity contribution is 6.09. The number of benzene rings is 2. The zero-order valence-electron chi connectivity index (χ0n) is 11.1. The molecule has 0 saturated heterocycles. The normalized spacial score (nSPS) is 10.8. The topological polar surface area (TPSA) is 65.2 Å². The largest absolute Gasteiger partial charge is 0.426 e. The van der Waals surface area contributed by atoms with Gasteiger partial charge in [0.25, 0.3) is 0 Å². The van der Waals surface area contributed by atoms with Crippen LogP contribution in [0.4, 0.5) is 5.69 Å². The van der Waals surface area contributed by atoms with Crippen LogP contribution in [0.2, 0.25) is 0 Å². The number of fused-ring (bicyclic) bond motifs is 2. The number of carbonyl (C=O) groups excluding carboxylic acids is 1. The molecule has 0 aliphatic carbocycles. The molecule has 0 amide bonds. The minimum atomic E-state index is -0.287. The van der Waals surface area contributed by atoms with Crippen molar-refractivity contribution in [1.82, 2.24) is 4.98 Å². The van der Waals surface area contributed by atoms with E-state index < -0.39 is 0 Å². The summed E-state index contributed by atoms with van der Waals surface area (Å²) in [6.45, 7) is 1.75. The Morgan fingerprint density at radius 3 is 2.70 bits per heavy atom. The highest BCUT2D eigenvalue weighted by Gasteiger charge is 2.12. The van der Waals surface area contributed by atoms with Crippen LogP contribution >= 0.6 is 0 Å². The highest BCUT2D eigenvalue weighted by Crippen LogP contribution is 2.34. The molecule has 3 rings (SSSR count). The molecule has 4 heteroatoms. The van der Waals surface area contributed by atoms with Gasteiger partial charge in [-0.25, -0.2) is 4.98 Å². The number of anilines is 1. The average Bonchev–Trinajstić information content (AvgIpc) is 2.47. The van der Waals surface area contributed by atoms with Gasteiger partial charge in [0.1, 0.15) is 5.75 Å². The van der Waals surface area contributed by atoms with Crippen LogP contribution in [0.25, 0.3) is 21.8 Å². The molecule has 2 aromatic carbocycles. The number of hydrogen-bond donors (Lipinski definition) is 1. The maximum absolute atomic E-state index is 11.5. The summed E-state index contributed by atoms with van der Waals surface area (Å²) in [5.41, 5.74) is 8.38. The third-order valence-corrected chi connectivity index (χ3v) is 3.22. The molecule has 3 aromatic rings. The van der Waals surface area contributed by atoms with Gasteiger partial charge in [-0.15, -0.1) is 0 Å². The Labute approximate surface area is 116 Å². The molecule has 20 heavy (non-hydrogen) atoms. The lowest BCUT2D eigenvalue weighted by molar-refractivity contribution is -0.133. The van der Waals surface area contributed by atoms with Crippen molar-refractivity contribution in [3.63, 3.8) is 0 Å².